The Morgan fingerprint density at radius 1 is 1.27 bits per heavy atom. The summed E-state index contributed by atoms with van der Waals surface area (Å²) in [5.74, 6) is 2.00. The highest BCUT2D eigenvalue weighted by molar-refractivity contribution is 7.99. The summed E-state index contributed by atoms with van der Waals surface area (Å²) in [6.07, 6.45) is 6.19. The van der Waals surface area contributed by atoms with Crippen LogP contribution in [0.15, 0.2) is 23.6 Å². The molecule has 1 aliphatic heterocycles. The van der Waals surface area contributed by atoms with Gasteiger partial charge in [-0.2, -0.15) is 0 Å². The zero-order chi connectivity index (χ0) is 9.64. The number of hydrogen-bond donors (Lipinski definition) is 1. The third-order valence-electron chi connectivity index (χ3n) is 2.45. The number of nitrogens with zero attached hydrogens (tertiary/aromatic N) is 2. The van der Waals surface area contributed by atoms with E-state index in [0.29, 0.717) is 0 Å². The van der Waals surface area contributed by atoms with Crippen LogP contribution in [0.5, 0.6) is 0 Å². The third kappa shape index (κ3) is 4.36. The van der Waals surface area contributed by atoms with Crippen molar-refractivity contribution in [1.82, 2.24) is 15.3 Å². The molecule has 0 amide bonds. The van der Waals surface area contributed by atoms with Gasteiger partial charge in [0.05, 0.1) is 0 Å². The van der Waals surface area contributed by atoms with Crippen molar-refractivity contribution in [3.63, 3.8) is 0 Å². The molecule has 2 rings (SSSR count). The van der Waals surface area contributed by atoms with E-state index in [0.717, 1.165) is 16.8 Å². The van der Waals surface area contributed by atoms with Gasteiger partial charge >= 0.3 is 0 Å². The Labute approximate surface area is 101 Å². The number of aromatic nitrogens is 2. The van der Waals surface area contributed by atoms with Gasteiger partial charge in [-0.05, 0) is 37.9 Å². The predicted octanol–water partition coefficient (Wildman–Crippen LogP) is 1.99. The number of nitrogens with one attached hydrogen (secondary N) is 1. The van der Waals surface area contributed by atoms with Crippen molar-refractivity contribution in [2.45, 2.75) is 18.0 Å². The van der Waals surface area contributed by atoms with Crippen molar-refractivity contribution in [3.05, 3.63) is 18.5 Å². The van der Waals surface area contributed by atoms with Crippen molar-refractivity contribution in [1.29, 1.82) is 0 Å². The molecule has 0 spiro atoms. The summed E-state index contributed by atoms with van der Waals surface area (Å²) >= 11 is 1.78. The Bertz CT molecular complexity index is 265. The maximum Gasteiger partial charge on any atom is 0.187 e. The molecule has 1 aliphatic rings. The van der Waals surface area contributed by atoms with Crippen molar-refractivity contribution in [3.8, 4) is 0 Å². The second-order valence-corrected chi connectivity index (χ2v) is 4.52. The maximum atomic E-state index is 4.20. The second kappa shape index (κ2) is 7.04. The van der Waals surface area contributed by atoms with Crippen LogP contribution >= 0.6 is 24.2 Å². The smallest absolute Gasteiger partial charge is 0.187 e. The monoisotopic (exact) mass is 245 g/mol. The number of rotatable bonds is 3. The van der Waals surface area contributed by atoms with E-state index in [4.69, 9.17) is 0 Å². The molecule has 5 heteroatoms. The molecule has 15 heavy (non-hydrogen) atoms. The Morgan fingerprint density at radius 3 is 2.60 bits per heavy atom. The highest BCUT2D eigenvalue weighted by Crippen LogP contribution is 2.21. The molecule has 0 unspecified atom stereocenters. The van der Waals surface area contributed by atoms with E-state index < -0.39 is 0 Å². The lowest BCUT2D eigenvalue weighted by Gasteiger charge is -2.21. The first kappa shape index (κ1) is 12.7. The van der Waals surface area contributed by atoms with E-state index in [1.807, 2.05) is 6.07 Å². The molecule has 1 saturated heterocycles. The third-order valence-corrected chi connectivity index (χ3v) is 3.56. The van der Waals surface area contributed by atoms with Gasteiger partial charge in [-0.25, -0.2) is 9.97 Å². The van der Waals surface area contributed by atoms with Crippen LogP contribution in [-0.4, -0.2) is 28.8 Å². The molecule has 1 aromatic rings. The van der Waals surface area contributed by atoms with E-state index in [-0.39, 0.29) is 12.4 Å². The van der Waals surface area contributed by atoms with Crippen molar-refractivity contribution < 1.29 is 0 Å². The maximum absolute atomic E-state index is 4.20. The fourth-order valence-corrected chi connectivity index (χ4v) is 2.59. The summed E-state index contributed by atoms with van der Waals surface area (Å²) in [5.41, 5.74) is 0. The van der Waals surface area contributed by atoms with Crippen LogP contribution in [-0.2, 0) is 0 Å². The topological polar surface area (TPSA) is 37.8 Å². The predicted molar refractivity (Wildman–Crippen MR) is 65.6 cm³/mol. The van der Waals surface area contributed by atoms with E-state index >= 15 is 0 Å². The van der Waals surface area contributed by atoms with Gasteiger partial charge in [-0.3, -0.25) is 0 Å². The molecule has 1 aromatic heterocycles. The van der Waals surface area contributed by atoms with Gasteiger partial charge in [-0.1, -0.05) is 11.8 Å². The van der Waals surface area contributed by atoms with Gasteiger partial charge in [0.1, 0.15) is 0 Å². The lowest BCUT2D eigenvalue weighted by Crippen LogP contribution is -2.28. The normalized spacial score (nSPS) is 17.1. The molecule has 0 bridgehead atoms. The Morgan fingerprint density at radius 2 is 1.93 bits per heavy atom. The summed E-state index contributed by atoms with van der Waals surface area (Å²) in [4.78, 5) is 8.40. The standard InChI is InChI=1S/C10H15N3S.ClH/c1-4-12-10(13-5-1)14-8-9-2-6-11-7-3-9;/h1,4-5,9,11H,2-3,6-8H2;1H. The van der Waals surface area contributed by atoms with Crippen molar-refractivity contribution in [2.75, 3.05) is 18.8 Å². The minimum atomic E-state index is 0. The molecule has 0 atom stereocenters. The molecule has 0 radical (unpaired) electrons. The first-order chi connectivity index (χ1) is 6.95. The lowest BCUT2D eigenvalue weighted by molar-refractivity contribution is 0.407. The van der Waals surface area contributed by atoms with E-state index in [1.165, 1.54) is 25.9 Å². The van der Waals surface area contributed by atoms with Crippen LogP contribution < -0.4 is 5.32 Å². The number of halogens is 1. The Kier molecular flexibility index (Phi) is 5.98. The summed E-state index contributed by atoms with van der Waals surface area (Å²) in [6.45, 7) is 2.34. The van der Waals surface area contributed by atoms with E-state index in [2.05, 4.69) is 15.3 Å². The van der Waals surface area contributed by atoms with Gasteiger partial charge in [0, 0.05) is 18.1 Å². The zero-order valence-electron chi connectivity index (χ0n) is 8.56. The van der Waals surface area contributed by atoms with Crippen LogP contribution in [0.2, 0.25) is 0 Å². The van der Waals surface area contributed by atoms with Crippen LogP contribution in [0, 0.1) is 5.92 Å². The molecule has 2 heterocycles. The van der Waals surface area contributed by atoms with Crippen LogP contribution in [0.1, 0.15) is 12.8 Å². The van der Waals surface area contributed by atoms with Gasteiger partial charge in [0.15, 0.2) is 5.16 Å². The molecular weight excluding hydrogens is 230 g/mol. The van der Waals surface area contributed by atoms with Gasteiger partial charge in [0.25, 0.3) is 0 Å². The van der Waals surface area contributed by atoms with E-state index in [9.17, 15) is 0 Å². The average Bonchev–Trinajstić information content (AvgIpc) is 2.29. The fourth-order valence-electron chi connectivity index (χ4n) is 1.60. The lowest BCUT2D eigenvalue weighted by atomic mass is 10.0. The number of piperidine rings is 1. The molecule has 3 nitrogen and oxygen atoms in total. The Balaban J connectivity index is 0.00000112. The molecule has 1 N–H and O–H groups in total. The first-order valence-corrected chi connectivity index (χ1v) is 6.04. The zero-order valence-corrected chi connectivity index (χ0v) is 10.2. The summed E-state index contributed by atoms with van der Waals surface area (Å²) in [5, 5.41) is 4.28. The van der Waals surface area contributed by atoms with Crippen molar-refractivity contribution >= 4 is 24.2 Å². The summed E-state index contributed by atoms with van der Waals surface area (Å²) < 4.78 is 0. The summed E-state index contributed by atoms with van der Waals surface area (Å²) in [7, 11) is 0. The number of thioether (sulfide) groups is 1. The minimum absolute atomic E-state index is 0. The molecule has 0 saturated carbocycles. The average molecular weight is 246 g/mol. The SMILES string of the molecule is Cl.c1cnc(SCC2CCNCC2)nc1. The van der Waals surface area contributed by atoms with Gasteiger partial charge in [-0.15, -0.1) is 12.4 Å². The summed E-state index contributed by atoms with van der Waals surface area (Å²) in [6, 6.07) is 1.86. The highest BCUT2D eigenvalue weighted by Gasteiger charge is 2.13. The van der Waals surface area contributed by atoms with Gasteiger partial charge in [0.2, 0.25) is 0 Å². The number of hydrogen-bond acceptors (Lipinski definition) is 4. The second-order valence-electron chi connectivity index (χ2n) is 3.54. The van der Waals surface area contributed by atoms with Crippen molar-refractivity contribution in [2.24, 2.45) is 5.92 Å². The molecule has 84 valence electrons. The molecular formula is C10H16ClN3S. The Hall–Kier alpha value is -0.320. The minimum Gasteiger partial charge on any atom is -0.317 e. The van der Waals surface area contributed by atoms with Crippen LogP contribution in [0.4, 0.5) is 0 Å². The molecule has 0 aliphatic carbocycles. The largest absolute Gasteiger partial charge is 0.317 e. The molecule has 0 aromatic carbocycles. The highest BCUT2D eigenvalue weighted by atomic mass is 35.5. The van der Waals surface area contributed by atoms with Crippen LogP contribution in [0.25, 0.3) is 0 Å². The van der Waals surface area contributed by atoms with E-state index in [1.54, 1.807) is 24.2 Å². The molecule has 1 fully saturated rings. The quantitative estimate of drug-likeness (QED) is 0.653. The fraction of sp³-hybridized carbons (Fsp3) is 0.600. The van der Waals surface area contributed by atoms with Gasteiger partial charge < -0.3 is 5.32 Å². The van der Waals surface area contributed by atoms with Crippen LogP contribution in [0.3, 0.4) is 0 Å². The first-order valence-electron chi connectivity index (χ1n) is 5.05.